The van der Waals surface area contributed by atoms with Gasteiger partial charge in [0.15, 0.2) is 0 Å². The average Bonchev–Trinajstić information content (AvgIpc) is 2.66. The lowest BCUT2D eigenvalue weighted by atomic mass is 10.1. The summed E-state index contributed by atoms with van der Waals surface area (Å²) >= 11 is 4.54. The fraction of sp³-hybridized carbons (Fsp3) is 0.0909. The van der Waals surface area contributed by atoms with E-state index >= 15 is 0 Å². The van der Waals surface area contributed by atoms with Gasteiger partial charge in [-0.25, -0.2) is 9.78 Å². The second-order valence-electron chi connectivity index (χ2n) is 3.24. The highest BCUT2D eigenvalue weighted by molar-refractivity contribution is 9.10. The van der Waals surface area contributed by atoms with E-state index in [2.05, 4.69) is 20.9 Å². The Morgan fingerprint density at radius 3 is 3.00 bits per heavy atom. The van der Waals surface area contributed by atoms with Crippen molar-refractivity contribution < 1.29 is 9.90 Å². The molecule has 0 aliphatic heterocycles. The van der Waals surface area contributed by atoms with Gasteiger partial charge in [-0.15, -0.1) is 11.3 Å². The molecule has 0 bridgehead atoms. The number of thiazole rings is 1. The standard InChI is InChI=1S/C11H8BrNO2S/c12-8-3-1-2-7(4-8)5-9-10(11(14)15)16-6-13-9/h1-4,6H,5H2,(H,14,15). The Labute approximate surface area is 105 Å². The molecule has 0 fully saturated rings. The van der Waals surface area contributed by atoms with Gasteiger partial charge in [-0.05, 0) is 17.7 Å². The molecular formula is C11H8BrNO2S. The first-order chi connectivity index (χ1) is 7.66. The molecule has 1 heterocycles. The maximum Gasteiger partial charge on any atom is 0.347 e. The Balaban J connectivity index is 2.27. The maximum absolute atomic E-state index is 10.9. The average molecular weight is 298 g/mol. The summed E-state index contributed by atoms with van der Waals surface area (Å²) in [7, 11) is 0. The largest absolute Gasteiger partial charge is 0.477 e. The number of carboxylic acids is 1. The first-order valence-electron chi connectivity index (χ1n) is 4.57. The van der Waals surface area contributed by atoms with Crippen molar-refractivity contribution in [3.63, 3.8) is 0 Å². The molecule has 2 aromatic rings. The van der Waals surface area contributed by atoms with Gasteiger partial charge in [0.25, 0.3) is 0 Å². The third-order valence-corrected chi connectivity index (χ3v) is 3.45. The Kier molecular flexibility index (Phi) is 3.36. The monoisotopic (exact) mass is 297 g/mol. The van der Waals surface area contributed by atoms with Crippen LogP contribution in [0.5, 0.6) is 0 Å². The third-order valence-electron chi connectivity index (χ3n) is 2.10. The molecule has 1 N–H and O–H groups in total. The van der Waals surface area contributed by atoms with Crippen molar-refractivity contribution in [3.05, 3.63) is 50.4 Å². The van der Waals surface area contributed by atoms with Crippen LogP contribution in [0.25, 0.3) is 0 Å². The maximum atomic E-state index is 10.9. The Bertz CT molecular complexity index is 524. The quantitative estimate of drug-likeness (QED) is 0.946. The van der Waals surface area contributed by atoms with Crippen LogP contribution in [0, 0.1) is 0 Å². The lowest BCUT2D eigenvalue weighted by molar-refractivity contribution is 0.0701. The molecule has 0 unspecified atom stereocenters. The van der Waals surface area contributed by atoms with Gasteiger partial charge in [-0.2, -0.15) is 0 Å². The zero-order valence-corrected chi connectivity index (χ0v) is 10.6. The molecule has 0 amide bonds. The highest BCUT2D eigenvalue weighted by Crippen LogP contribution is 2.19. The number of hydrogen-bond donors (Lipinski definition) is 1. The third kappa shape index (κ3) is 2.48. The number of carbonyl (C=O) groups is 1. The van der Waals surface area contributed by atoms with Gasteiger partial charge in [-0.3, -0.25) is 0 Å². The first kappa shape index (κ1) is 11.3. The summed E-state index contributed by atoms with van der Waals surface area (Å²) in [6, 6.07) is 7.77. The number of aromatic carboxylic acids is 1. The van der Waals surface area contributed by atoms with Gasteiger partial charge in [0, 0.05) is 10.9 Å². The van der Waals surface area contributed by atoms with E-state index in [9.17, 15) is 4.79 Å². The van der Waals surface area contributed by atoms with Crippen molar-refractivity contribution in [3.8, 4) is 0 Å². The molecule has 16 heavy (non-hydrogen) atoms. The molecule has 5 heteroatoms. The van der Waals surface area contributed by atoms with Crippen LogP contribution < -0.4 is 0 Å². The minimum absolute atomic E-state index is 0.319. The number of nitrogens with zero attached hydrogens (tertiary/aromatic N) is 1. The van der Waals surface area contributed by atoms with E-state index in [1.54, 1.807) is 5.51 Å². The van der Waals surface area contributed by atoms with E-state index in [4.69, 9.17) is 5.11 Å². The molecule has 0 saturated heterocycles. The number of benzene rings is 1. The van der Waals surface area contributed by atoms with Gasteiger partial charge < -0.3 is 5.11 Å². The van der Waals surface area contributed by atoms with E-state index in [1.165, 1.54) is 0 Å². The Morgan fingerprint density at radius 2 is 2.31 bits per heavy atom. The van der Waals surface area contributed by atoms with Crippen molar-refractivity contribution in [2.75, 3.05) is 0 Å². The van der Waals surface area contributed by atoms with Crippen LogP contribution in [0.3, 0.4) is 0 Å². The second kappa shape index (κ2) is 4.76. The van der Waals surface area contributed by atoms with Crippen molar-refractivity contribution in [1.29, 1.82) is 0 Å². The lowest BCUT2D eigenvalue weighted by Gasteiger charge is -2.00. The first-order valence-corrected chi connectivity index (χ1v) is 6.24. The van der Waals surface area contributed by atoms with Crippen LogP contribution in [0.1, 0.15) is 20.9 Å². The predicted octanol–water partition coefficient (Wildman–Crippen LogP) is 3.19. The molecule has 0 aliphatic carbocycles. The van der Waals surface area contributed by atoms with Crippen molar-refractivity contribution in [1.82, 2.24) is 4.98 Å². The lowest BCUT2D eigenvalue weighted by Crippen LogP contribution is -1.99. The summed E-state index contributed by atoms with van der Waals surface area (Å²) in [5.74, 6) is -0.910. The number of aromatic nitrogens is 1. The summed E-state index contributed by atoms with van der Waals surface area (Å²) in [4.78, 5) is 15.3. The van der Waals surface area contributed by atoms with Crippen LogP contribution in [0.15, 0.2) is 34.2 Å². The molecule has 1 aromatic heterocycles. The van der Waals surface area contributed by atoms with Crippen LogP contribution in [-0.4, -0.2) is 16.1 Å². The molecule has 1 aromatic carbocycles. The SMILES string of the molecule is O=C(O)c1scnc1Cc1cccc(Br)c1. The number of rotatable bonds is 3. The van der Waals surface area contributed by atoms with Gasteiger partial charge in [-0.1, -0.05) is 28.1 Å². The molecule has 3 nitrogen and oxygen atoms in total. The summed E-state index contributed by atoms with van der Waals surface area (Å²) in [5.41, 5.74) is 3.23. The Morgan fingerprint density at radius 1 is 1.50 bits per heavy atom. The summed E-state index contributed by atoms with van der Waals surface area (Å²) in [5, 5.41) is 8.95. The fourth-order valence-electron chi connectivity index (χ4n) is 1.41. The topological polar surface area (TPSA) is 50.2 Å². The van der Waals surface area contributed by atoms with Crippen molar-refractivity contribution >= 4 is 33.2 Å². The second-order valence-corrected chi connectivity index (χ2v) is 5.01. The zero-order valence-electron chi connectivity index (χ0n) is 8.18. The smallest absolute Gasteiger partial charge is 0.347 e. The van der Waals surface area contributed by atoms with Gasteiger partial charge in [0.2, 0.25) is 0 Å². The molecule has 0 aliphatic rings. The van der Waals surface area contributed by atoms with E-state index in [1.807, 2.05) is 24.3 Å². The number of halogens is 1. The summed E-state index contributed by atoms with van der Waals surface area (Å²) in [6.07, 6.45) is 0.546. The predicted molar refractivity (Wildman–Crippen MR) is 66.0 cm³/mol. The van der Waals surface area contributed by atoms with Crippen LogP contribution in [-0.2, 0) is 6.42 Å². The summed E-state index contributed by atoms with van der Waals surface area (Å²) in [6.45, 7) is 0. The van der Waals surface area contributed by atoms with Crippen molar-refractivity contribution in [2.24, 2.45) is 0 Å². The fourth-order valence-corrected chi connectivity index (χ4v) is 2.50. The molecule has 82 valence electrons. The normalized spacial score (nSPS) is 10.3. The van der Waals surface area contributed by atoms with Crippen LogP contribution in [0.2, 0.25) is 0 Å². The van der Waals surface area contributed by atoms with Crippen molar-refractivity contribution in [2.45, 2.75) is 6.42 Å². The number of hydrogen-bond acceptors (Lipinski definition) is 3. The minimum Gasteiger partial charge on any atom is -0.477 e. The highest BCUT2D eigenvalue weighted by atomic mass is 79.9. The minimum atomic E-state index is -0.910. The van der Waals surface area contributed by atoms with Crippen LogP contribution >= 0.6 is 27.3 Å². The van der Waals surface area contributed by atoms with Gasteiger partial charge >= 0.3 is 5.97 Å². The summed E-state index contributed by atoms with van der Waals surface area (Å²) < 4.78 is 0.983. The molecule has 0 atom stereocenters. The molecule has 2 rings (SSSR count). The van der Waals surface area contributed by atoms with Gasteiger partial charge in [0.05, 0.1) is 11.2 Å². The zero-order chi connectivity index (χ0) is 11.5. The van der Waals surface area contributed by atoms with E-state index in [0.29, 0.717) is 17.0 Å². The van der Waals surface area contributed by atoms with Gasteiger partial charge in [0.1, 0.15) is 4.88 Å². The molecular weight excluding hydrogens is 290 g/mol. The van der Waals surface area contributed by atoms with E-state index in [0.717, 1.165) is 21.4 Å². The van der Waals surface area contributed by atoms with E-state index < -0.39 is 5.97 Å². The Hall–Kier alpha value is -1.20. The molecule has 0 saturated carbocycles. The van der Waals surface area contributed by atoms with E-state index in [-0.39, 0.29) is 0 Å². The highest BCUT2D eigenvalue weighted by Gasteiger charge is 2.13. The number of carboxylic acid groups (broad SMARTS) is 1. The molecule has 0 radical (unpaired) electrons. The molecule has 0 spiro atoms. The van der Waals surface area contributed by atoms with Crippen LogP contribution in [0.4, 0.5) is 0 Å².